The van der Waals surface area contributed by atoms with Gasteiger partial charge in [0, 0.05) is 0 Å². The molecule has 0 saturated carbocycles. The summed E-state index contributed by atoms with van der Waals surface area (Å²) in [6.45, 7) is 0. The standard InChI is InChI=1S/C21H20N4S/c22-19(23)24-20(26)25-21(16-10-4-1-5-11-16,17-12-6-2-7-13-17)18-14-8-3-9-15-18/h1-15H,(H5,22,23,24,25,26). The Morgan fingerprint density at radius 1 is 0.692 bits per heavy atom. The average Bonchev–Trinajstić information content (AvgIpc) is 2.67. The Kier molecular flexibility index (Phi) is 5.29. The number of rotatable bonds is 4. The first-order valence-corrected chi connectivity index (χ1v) is 8.62. The molecule has 3 rings (SSSR count). The van der Waals surface area contributed by atoms with Crippen molar-refractivity contribution in [3.8, 4) is 0 Å². The van der Waals surface area contributed by atoms with Gasteiger partial charge in [0.05, 0.1) is 0 Å². The number of hydrogen-bond acceptors (Lipinski definition) is 1. The molecule has 0 radical (unpaired) electrons. The van der Waals surface area contributed by atoms with Crippen LogP contribution < -0.4 is 16.8 Å². The zero-order chi connectivity index (χ0) is 18.4. The zero-order valence-corrected chi connectivity index (χ0v) is 15.0. The molecule has 5 N–H and O–H groups in total. The van der Waals surface area contributed by atoms with Crippen molar-refractivity contribution in [3.05, 3.63) is 108 Å². The Balaban J connectivity index is 2.28. The minimum atomic E-state index is -0.722. The molecule has 0 spiro atoms. The molecule has 5 heteroatoms. The Bertz CT molecular complexity index is 792. The molecule has 3 aromatic rings. The maximum atomic E-state index is 5.53. The van der Waals surface area contributed by atoms with E-state index >= 15 is 0 Å². The lowest BCUT2D eigenvalue weighted by atomic mass is 9.77. The van der Waals surface area contributed by atoms with Gasteiger partial charge in [-0.1, -0.05) is 91.0 Å². The summed E-state index contributed by atoms with van der Waals surface area (Å²) in [7, 11) is 0. The number of nitrogens with zero attached hydrogens (tertiary/aromatic N) is 1. The lowest BCUT2D eigenvalue weighted by Crippen LogP contribution is -2.47. The van der Waals surface area contributed by atoms with Crippen LogP contribution in [0.15, 0.2) is 96.0 Å². The van der Waals surface area contributed by atoms with Crippen LogP contribution in [0.4, 0.5) is 0 Å². The van der Waals surface area contributed by atoms with Crippen LogP contribution in [0.5, 0.6) is 0 Å². The Morgan fingerprint density at radius 3 is 1.35 bits per heavy atom. The highest BCUT2D eigenvalue weighted by Crippen LogP contribution is 2.36. The van der Waals surface area contributed by atoms with Gasteiger partial charge in [-0.2, -0.15) is 4.99 Å². The molecule has 0 unspecified atom stereocenters. The van der Waals surface area contributed by atoms with Crippen molar-refractivity contribution < 1.29 is 0 Å². The second-order valence-electron chi connectivity index (χ2n) is 5.81. The van der Waals surface area contributed by atoms with Gasteiger partial charge in [-0.3, -0.25) is 0 Å². The van der Waals surface area contributed by atoms with E-state index in [1.54, 1.807) is 0 Å². The summed E-state index contributed by atoms with van der Waals surface area (Å²) in [6, 6.07) is 30.3. The van der Waals surface area contributed by atoms with Crippen LogP contribution in [0.3, 0.4) is 0 Å². The highest BCUT2D eigenvalue weighted by molar-refractivity contribution is 7.80. The van der Waals surface area contributed by atoms with Crippen molar-refractivity contribution in [1.29, 1.82) is 0 Å². The van der Waals surface area contributed by atoms with Crippen LogP contribution >= 0.6 is 12.2 Å². The van der Waals surface area contributed by atoms with Gasteiger partial charge in [0.1, 0.15) is 5.54 Å². The van der Waals surface area contributed by atoms with E-state index in [-0.39, 0.29) is 11.1 Å². The van der Waals surface area contributed by atoms with Gasteiger partial charge in [-0.25, -0.2) is 0 Å². The molecule has 0 heterocycles. The van der Waals surface area contributed by atoms with E-state index in [0.29, 0.717) is 0 Å². The summed E-state index contributed by atoms with van der Waals surface area (Å²) in [5.74, 6) is -0.0782. The number of thiocarbonyl (C=S) groups is 1. The number of nitrogens with two attached hydrogens (primary N) is 2. The van der Waals surface area contributed by atoms with Gasteiger partial charge in [-0.05, 0) is 28.9 Å². The van der Waals surface area contributed by atoms with Gasteiger partial charge in [0.15, 0.2) is 11.1 Å². The van der Waals surface area contributed by atoms with E-state index in [4.69, 9.17) is 23.7 Å². The van der Waals surface area contributed by atoms with Gasteiger partial charge < -0.3 is 16.8 Å². The van der Waals surface area contributed by atoms with Crippen LogP contribution in [0, 0.1) is 0 Å². The maximum absolute atomic E-state index is 5.53. The van der Waals surface area contributed by atoms with E-state index in [1.165, 1.54) is 0 Å². The lowest BCUT2D eigenvalue weighted by Gasteiger charge is -2.37. The van der Waals surface area contributed by atoms with Gasteiger partial charge >= 0.3 is 0 Å². The summed E-state index contributed by atoms with van der Waals surface area (Å²) in [4.78, 5) is 4.03. The summed E-state index contributed by atoms with van der Waals surface area (Å²) in [5.41, 5.74) is 13.4. The number of benzene rings is 3. The van der Waals surface area contributed by atoms with E-state index in [2.05, 4.69) is 46.7 Å². The quantitative estimate of drug-likeness (QED) is 0.289. The summed E-state index contributed by atoms with van der Waals surface area (Å²) < 4.78 is 0. The molecule has 0 amide bonds. The van der Waals surface area contributed by atoms with Crippen molar-refractivity contribution in [2.45, 2.75) is 5.54 Å². The van der Waals surface area contributed by atoms with Crippen molar-refractivity contribution >= 4 is 23.3 Å². The lowest BCUT2D eigenvalue weighted by molar-refractivity contribution is 0.576. The first-order chi connectivity index (χ1) is 12.6. The van der Waals surface area contributed by atoms with Gasteiger partial charge in [0.25, 0.3) is 0 Å². The summed E-state index contributed by atoms with van der Waals surface area (Å²) in [6.07, 6.45) is 0. The zero-order valence-electron chi connectivity index (χ0n) is 14.2. The molecule has 130 valence electrons. The topological polar surface area (TPSA) is 76.4 Å². The van der Waals surface area contributed by atoms with Crippen LogP contribution in [-0.2, 0) is 5.54 Å². The molecule has 3 aromatic carbocycles. The normalized spacial score (nSPS) is 10.8. The Hall–Kier alpha value is -3.18. The van der Waals surface area contributed by atoms with Gasteiger partial charge in [-0.15, -0.1) is 0 Å². The van der Waals surface area contributed by atoms with Gasteiger partial charge in [0.2, 0.25) is 0 Å². The fourth-order valence-corrected chi connectivity index (χ4v) is 3.35. The number of hydrogen-bond donors (Lipinski definition) is 3. The van der Waals surface area contributed by atoms with E-state index in [1.807, 2.05) is 54.6 Å². The minimum absolute atomic E-state index is 0.0782. The SMILES string of the molecule is NC(N)=NC(=S)NC(c1ccccc1)(c1ccccc1)c1ccccc1. The third-order valence-electron chi connectivity index (χ3n) is 4.15. The molecule has 0 aromatic heterocycles. The number of nitrogens with one attached hydrogen (secondary N) is 1. The van der Waals surface area contributed by atoms with Crippen molar-refractivity contribution in [3.63, 3.8) is 0 Å². The smallest absolute Gasteiger partial charge is 0.197 e. The minimum Gasteiger partial charge on any atom is -0.370 e. The number of guanidine groups is 1. The van der Waals surface area contributed by atoms with Crippen molar-refractivity contribution in [1.82, 2.24) is 5.32 Å². The van der Waals surface area contributed by atoms with Crippen molar-refractivity contribution in [2.24, 2.45) is 16.5 Å². The predicted octanol–water partition coefficient (Wildman–Crippen LogP) is 3.13. The van der Waals surface area contributed by atoms with E-state index in [9.17, 15) is 0 Å². The molecule has 0 aliphatic carbocycles. The monoisotopic (exact) mass is 360 g/mol. The van der Waals surface area contributed by atoms with Crippen LogP contribution in [-0.4, -0.2) is 11.1 Å². The third kappa shape index (κ3) is 3.58. The molecule has 0 atom stereocenters. The molecule has 0 bridgehead atoms. The average molecular weight is 360 g/mol. The highest BCUT2D eigenvalue weighted by atomic mass is 32.1. The van der Waals surface area contributed by atoms with Crippen LogP contribution in [0.2, 0.25) is 0 Å². The Morgan fingerprint density at radius 2 is 1.04 bits per heavy atom. The van der Waals surface area contributed by atoms with Crippen LogP contribution in [0.1, 0.15) is 16.7 Å². The molecule has 0 aliphatic rings. The molecule has 0 fully saturated rings. The second kappa shape index (κ2) is 7.80. The molecular formula is C21H20N4S. The fourth-order valence-electron chi connectivity index (χ4n) is 3.09. The summed E-state index contributed by atoms with van der Waals surface area (Å²) in [5, 5.41) is 3.62. The third-order valence-corrected chi connectivity index (χ3v) is 4.34. The Labute approximate surface area is 158 Å². The predicted molar refractivity (Wildman–Crippen MR) is 111 cm³/mol. The first kappa shape index (κ1) is 17.6. The van der Waals surface area contributed by atoms with E-state index < -0.39 is 5.54 Å². The number of aliphatic imine (C=N–C) groups is 1. The first-order valence-electron chi connectivity index (χ1n) is 8.21. The summed E-state index contributed by atoms with van der Waals surface area (Å²) >= 11 is 5.42. The van der Waals surface area contributed by atoms with Crippen molar-refractivity contribution in [2.75, 3.05) is 0 Å². The molecule has 0 aliphatic heterocycles. The maximum Gasteiger partial charge on any atom is 0.197 e. The molecular weight excluding hydrogens is 340 g/mol. The second-order valence-corrected chi connectivity index (χ2v) is 6.20. The molecule has 4 nitrogen and oxygen atoms in total. The fraction of sp³-hybridized carbons (Fsp3) is 0.0476. The van der Waals surface area contributed by atoms with E-state index in [0.717, 1.165) is 16.7 Å². The molecule has 26 heavy (non-hydrogen) atoms. The van der Waals surface area contributed by atoms with Crippen LogP contribution in [0.25, 0.3) is 0 Å². The highest BCUT2D eigenvalue weighted by Gasteiger charge is 2.36. The molecule has 0 saturated heterocycles. The largest absolute Gasteiger partial charge is 0.370 e.